The maximum absolute atomic E-state index is 12.9. The van der Waals surface area contributed by atoms with Crippen LogP contribution in [0, 0.1) is 5.92 Å². The van der Waals surface area contributed by atoms with Gasteiger partial charge >= 0.3 is 5.69 Å². The van der Waals surface area contributed by atoms with Gasteiger partial charge in [0.25, 0.3) is 5.91 Å². The van der Waals surface area contributed by atoms with Crippen LogP contribution in [0.1, 0.15) is 34.2 Å². The first-order chi connectivity index (χ1) is 12.1. The van der Waals surface area contributed by atoms with E-state index >= 15 is 0 Å². The lowest BCUT2D eigenvalue weighted by molar-refractivity contribution is 0.0241. The topological polar surface area (TPSA) is 95.1 Å². The molecule has 1 aliphatic rings. The van der Waals surface area contributed by atoms with Crippen LogP contribution in [-0.2, 0) is 0 Å². The SMILES string of the molecule is O=C(NC(c1cccs1)C1CC(O)C1)c1nc(=O)[nH]c2ccccc12. The van der Waals surface area contributed by atoms with Gasteiger partial charge in [0.05, 0.1) is 17.7 Å². The molecule has 1 atom stereocenters. The number of nitrogens with one attached hydrogen (secondary N) is 2. The van der Waals surface area contributed by atoms with Crippen molar-refractivity contribution in [2.24, 2.45) is 5.92 Å². The molecule has 3 N–H and O–H groups in total. The van der Waals surface area contributed by atoms with Crippen molar-refractivity contribution in [2.75, 3.05) is 0 Å². The minimum Gasteiger partial charge on any atom is -0.393 e. The van der Waals surface area contributed by atoms with Crippen LogP contribution in [0.15, 0.2) is 46.6 Å². The molecular formula is C18H17N3O3S. The Hall–Kier alpha value is -2.51. The van der Waals surface area contributed by atoms with Crippen molar-refractivity contribution in [1.29, 1.82) is 0 Å². The number of aliphatic hydroxyl groups excluding tert-OH is 1. The van der Waals surface area contributed by atoms with Crippen molar-refractivity contribution >= 4 is 28.1 Å². The standard InChI is InChI=1S/C18H17N3O3S/c22-11-8-10(9-11)15(14-6-3-7-25-14)20-17(23)16-12-4-1-2-5-13(12)19-18(24)21-16/h1-7,10-11,15,22H,8-9H2,(H,20,23)(H,19,21,24). The van der Waals surface area contributed by atoms with Crippen LogP contribution < -0.4 is 11.0 Å². The quantitative estimate of drug-likeness (QED) is 0.669. The van der Waals surface area contributed by atoms with Crippen molar-refractivity contribution in [1.82, 2.24) is 15.3 Å². The zero-order valence-electron chi connectivity index (χ0n) is 13.3. The highest BCUT2D eigenvalue weighted by molar-refractivity contribution is 7.10. The number of aromatic amines is 1. The van der Waals surface area contributed by atoms with Gasteiger partial charge < -0.3 is 15.4 Å². The maximum Gasteiger partial charge on any atom is 0.346 e. The van der Waals surface area contributed by atoms with Crippen LogP contribution in [0.2, 0.25) is 0 Å². The molecule has 3 aromatic rings. The predicted molar refractivity (Wildman–Crippen MR) is 95.6 cm³/mol. The van der Waals surface area contributed by atoms with Crippen molar-refractivity contribution in [3.05, 3.63) is 62.8 Å². The van der Waals surface area contributed by atoms with Gasteiger partial charge in [0.1, 0.15) is 5.69 Å². The van der Waals surface area contributed by atoms with E-state index in [0.717, 1.165) is 4.88 Å². The van der Waals surface area contributed by atoms with Gasteiger partial charge in [-0.3, -0.25) is 4.79 Å². The molecule has 1 aliphatic carbocycles. The van der Waals surface area contributed by atoms with Gasteiger partial charge in [-0.15, -0.1) is 11.3 Å². The van der Waals surface area contributed by atoms with Gasteiger partial charge in [-0.25, -0.2) is 4.79 Å². The van der Waals surface area contributed by atoms with Crippen LogP contribution >= 0.6 is 11.3 Å². The Kier molecular flexibility index (Phi) is 4.10. The van der Waals surface area contributed by atoms with E-state index in [-0.39, 0.29) is 29.7 Å². The molecule has 128 valence electrons. The molecule has 0 spiro atoms. The van der Waals surface area contributed by atoms with Crippen LogP contribution in [0.4, 0.5) is 0 Å². The average molecular weight is 355 g/mol. The Morgan fingerprint density at radius 2 is 2.08 bits per heavy atom. The monoisotopic (exact) mass is 355 g/mol. The summed E-state index contributed by atoms with van der Waals surface area (Å²) >= 11 is 1.57. The fraction of sp³-hybridized carbons (Fsp3) is 0.278. The molecule has 1 fully saturated rings. The number of fused-ring (bicyclic) bond motifs is 1. The summed E-state index contributed by atoms with van der Waals surface area (Å²) in [4.78, 5) is 32.2. The summed E-state index contributed by atoms with van der Waals surface area (Å²) in [5, 5.41) is 15.2. The summed E-state index contributed by atoms with van der Waals surface area (Å²) < 4.78 is 0. The molecule has 0 bridgehead atoms. The molecule has 0 radical (unpaired) electrons. The number of H-pyrrole nitrogens is 1. The Bertz CT molecular complexity index is 961. The number of amides is 1. The molecule has 0 saturated heterocycles. The third-order valence-electron chi connectivity index (χ3n) is 4.61. The second-order valence-corrected chi connectivity index (χ2v) is 7.27. The van der Waals surface area contributed by atoms with E-state index in [4.69, 9.17) is 0 Å². The minimum atomic E-state index is -0.546. The molecule has 0 aliphatic heterocycles. The Labute approximate surface area is 147 Å². The Morgan fingerprint density at radius 3 is 2.80 bits per heavy atom. The summed E-state index contributed by atoms with van der Waals surface area (Å²) in [6.45, 7) is 0. The number of carbonyl (C=O) groups is 1. The van der Waals surface area contributed by atoms with Gasteiger partial charge in [-0.05, 0) is 36.3 Å². The lowest BCUT2D eigenvalue weighted by Gasteiger charge is -2.37. The lowest BCUT2D eigenvalue weighted by Crippen LogP contribution is -2.41. The van der Waals surface area contributed by atoms with Gasteiger partial charge in [-0.1, -0.05) is 24.3 Å². The predicted octanol–water partition coefficient (Wildman–Crippen LogP) is 2.23. The maximum atomic E-state index is 12.9. The van der Waals surface area contributed by atoms with Gasteiger partial charge in [-0.2, -0.15) is 4.98 Å². The number of benzene rings is 1. The molecule has 2 heterocycles. The molecule has 1 aromatic carbocycles. The van der Waals surface area contributed by atoms with E-state index in [9.17, 15) is 14.7 Å². The normalized spacial score (nSPS) is 20.8. The van der Waals surface area contributed by atoms with Crippen molar-refractivity contribution in [3.63, 3.8) is 0 Å². The number of hydrogen-bond donors (Lipinski definition) is 3. The Morgan fingerprint density at radius 1 is 1.28 bits per heavy atom. The van der Waals surface area contributed by atoms with E-state index in [0.29, 0.717) is 23.7 Å². The molecule has 1 saturated carbocycles. The summed E-state index contributed by atoms with van der Waals surface area (Å²) in [7, 11) is 0. The van der Waals surface area contributed by atoms with Crippen LogP contribution in [0.3, 0.4) is 0 Å². The smallest absolute Gasteiger partial charge is 0.346 e. The first-order valence-corrected chi connectivity index (χ1v) is 9.01. The number of thiophene rings is 1. The number of aromatic nitrogens is 2. The highest BCUT2D eigenvalue weighted by Gasteiger charge is 2.36. The fourth-order valence-electron chi connectivity index (χ4n) is 3.28. The Balaban J connectivity index is 1.67. The molecule has 4 rings (SSSR count). The first-order valence-electron chi connectivity index (χ1n) is 8.13. The highest BCUT2D eigenvalue weighted by Crippen LogP contribution is 2.39. The van der Waals surface area contributed by atoms with Crippen molar-refractivity contribution < 1.29 is 9.90 Å². The number of aliphatic hydroxyl groups is 1. The number of carbonyl (C=O) groups excluding carboxylic acids is 1. The summed E-state index contributed by atoms with van der Waals surface area (Å²) in [6, 6.07) is 10.8. The third kappa shape index (κ3) is 3.08. The minimum absolute atomic E-state index is 0.126. The molecule has 6 nitrogen and oxygen atoms in total. The summed E-state index contributed by atoms with van der Waals surface area (Å²) in [5.74, 6) is -0.187. The van der Waals surface area contributed by atoms with E-state index in [1.54, 1.807) is 35.6 Å². The highest BCUT2D eigenvalue weighted by atomic mass is 32.1. The van der Waals surface area contributed by atoms with Crippen LogP contribution in [-0.4, -0.2) is 27.1 Å². The van der Waals surface area contributed by atoms with Crippen LogP contribution in [0.25, 0.3) is 10.9 Å². The number of para-hydroxylation sites is 1. The average Bonchev–Trinajstić information content (AvgIpc) is 3.10. The van der Waals surface area contributed by atoms with Crippen molar-refractivity contribution in [3.8, 4) is 0 Å². The second kappa shape index (κ2) is 6.42. The second-order valence-electron chi connectivity index (χ2n) is 6.29. The molecular weight excluding hydrogens is 338 g/mol. The number of rotatable bonds is 4. The first kappa shape index (κ1) is 16.0. The number of hydrogen-bond acceptors (Lipinski definition) is 5. The summed E-state index contributed by atoms with van der Waals surface area (Å²) in [6.07, 6.45) is 1.02. The molecule has 7 heteroatoms. The fourth-order valence-corrected chi connectivity index (χ4v) is 4.15. The largest absolute Gasteiger partial charge is 0.393 e. The molecule has 1 unspecified atom stereocenters. The molecule has 25 heavy (non-hydrogen) atoms. The molecule has 2 aromatic heterocycles. The van der Waals surface area contributed by atoms with E-state index in [1.165, 1.54) is 0 Å². The van der Waals surface area contributed by atoms with E-state index in [2.05, 4.69) is 15.3 Å². The van der Waals surface area contributed by atoms with E-state index < -0.39 is 5.69 Å². The third-order valence-corrected chi connectivity index (χ3v) is 5.56. The lowest BCUT2D eigenvalue weighted by atomic mass is 9.76. The van der Waals surface area contributed by atoms with Crippen LogP contribution in [0.5, 0.6) is 0 Å². The zero-order chi connectivity index (χ0) is 17.4. The molecule has 1 amide bonds. The summed E-state index contributed by atoms with van der Waals surface area (Å²) in [5.41, 5.74) is 0.163. The van der Waals surface area contributed by atoms with E-state index in [1.807, 2.05) is 17.5 Å². The number of nitrogens with zero attached hydrogens (tertiary/aromatic N) is 1. The van der Waals surface area contributed by atoms with Gasteiger partial charge in [0.2, 0.25) is 0 Å². The van der Waals surface area contributed by atoms with Gasteiger partial charge in [0, 0.05) is 10.3 Å². The van der Waals surface area contributed by atoms with Gasteiger partial charge in [0.15, 0.2) is 0 Å². The zero-order valence-corrected chi connectivity index (χ0v) is 14.1. The van der Waals surface area contributed by atoms with Crippen molar-refractivity contribution in [2.45, 2.75) is 25.0 Å².